The number of ether oxygens (including phenoxy) is 1. The first-order valence-electron chi connectivity index (χ1n) is 10.6. The minimum atomic E-state index is -0.876. The minimum Gasteiger partial charge on any atom is -0.378 e. The van der Waals surface area contributed by atoms with Crippen LogP contribution in [0.5, 0.6) is 0 Å². The van der Waals surface area contributed by atoms with E-state index in [0.29, 0.717) is 55.3 Å². The number of morpholine rings is 1. The van der Waals surface area contributed by atoms with Gasteiger partial charge in [-0.15, -0.1) is 0 Å². The average molecular weight is 449 g/mol. The third-order valence-electron chi connectivity index (χ3n) is 5.54. The van der Waals surface area contributed by atoms with Crippen molar-refractivity contribution in [3.8, 4) is 0 Å². The fourth-order valence-corrected chi connectivity index (χ4v) is 3.84. The van der Waals surface area contributed by atoms with E-state index in [2.05, 4.69) is 20.5 Å². The van der Waals surface area contributed by atoms with Crippen molar-refractivity contribution in [3.05, 3.63) is 83.1 Å². The number of benzene rings is 2. The quantitative estimate of drug-likeness (QED) is 0.481. The van der Waals surface area contributed by atoms with Gasteiger partial charge in [-0.25, -0.2) is 13.8 Å². The summed E-state index contributed by atoms with van der Waals surface area (Å²) in [5.41, 5.74) is 3.30. The highest BCUT2D eigenvalue weighted by atomic mass is 19.2. The number of pyridine rings is 1. The summed E-state index contributed by atoms with van der Waals surface area (Å²) in [6.45, 7) is 2.25. The van der Waals surface area contributed by atoms with Gasteiger partial charge in [-0.3, -0.25) is 9.89 Å². The Morgan fingerprint density at radius 3 is 2.73 bits per heavy atom. The molecule has 2 aromatic heterocycles. The molecule has 1 fully saturated rings. The van der Waals surface area contributed by atoms with E-state index < -0.39 is 11.6 Å². The minimum absolute atomic E-state index is 0.0353. The molecule has 0 saturated carbocycles. The Kier molecular flexibility index (Phi) is 5.70. The molecule has 4 aromatic rings. The van der Waals surface area contributed by atoms with Gasteiger partial charge >= 0.3 is 0 Å². The number of aromatic nitrogens is 3. The molecule has 5 rings (SSSR count). The van der Waals surface area contributed by atoms with Crippen LogP contribution >= 0.6 is 0 Å². The molecule has 2 N–H and O–H groups in total. The van der Waals surface area contributed by atoms with Crippen molar-refractivity contribution in [3.63, 3.8) is 0 Å². The number of amides is 1. The molecule has 0 radical (unpaired) electrons. The normalized spacial score (nSPS) is 13.9. The summed E-state index contributed by atoms with van der Waals surface area (Å²) >= 11 is 0. The lowest BCUT2D eigenvalue weighted by molar-refractivity contribution is 0.0303. The van der Waals surface area contributed by atoms with Crippen molar-refractivity contribution in [2.45, 2.75) is 6.42 Å². The Balaban J connectivity index is 1.37. The highest BCUT2D eigenvalue weighted by molar-refractivity contribution is 5.96. The molecule has 0 atom stereocenters. The Labute approximate surface area is 188 Å². The number of nitrogens with zero attached hydrogens (tertiary/aromatic N) is 3. The predicted molar refractivity (Wildman–Crippen MR) is 119 cm³/mol. The number of anilines is 2. The van der Waals surface area contributed by atoms with Crippen molar-refractivity contribution >= 4 is 28.4 Å². The second-order valence-electron chi connectivity index (χ2n) is 7.85. The van der Waals surface area contributed by atoms with Crippen molar-refractivity contribution < 1.29 is 18.3 Å². The number of aromatic amines is 1. The number of H-pyrrole nitrogens is 1. The molecule has 7 nitrogen and oxygen atoms in total. The van der Waals surface area contributed by atoms with Crippen LogP contribution in [0.3, 0.4) is 0 Å². The van der Waals surface area contributed by atoms with Crippen LogP contribution in [0.25, 0.3) is 11.0 Å². The van der Waals surface area contributed by atoms with E-state index in [0.717, 1.165) is 22.7 Å². The monoisotopic (exact) mass is 449 g/mol. The molecule has 0 bridgehead atoms. The van der Waals surface area contributed by atoms with E-state index in [1.807, 2.05) is 18.2 Å². The van der Waals surface area contributed by atoms with E-state index in [9.17, 15) is 13.6 Å². The fourth-order valence-electron chi connectivity index (χ4n) is 3.84. The summed E-state index contributed by atoms with van der Waals surface area (Å²) in [5, 5.41) is 11.2. The van der Waals surface area contributed by atoms with Gasteiger partial charge < -0.3 is 15.0 Å². The van der Waals surface area contributed by atoms with Crippen molar-refractivity contribution in [2.24, 2.45) is 0 Å². The number of carbonyl (C=O) groups is 1. The zero-order chi connectivity index (χ0) is 22.8. The third-order valence-corrected chi connectivity index (χ3v) is 5.54. The molecule has 1 saturated heterocycles. The fraction of sp³-hybridized carbons (Fsp3) is 0.208. The molecule has 0 unspecified atom stereocenters. The number of halogens is 2. The molecule has 2 aromatic carbocycles. The standard InChI is InChI=1S/C24H21F2N5O2/c25-20-5-4-15(12-21(20)26)10-16-11-19-22(27-14-16)29-30-23(19)28-18-3-1-2-17(13-18)24(32)31-6-8-33-9-7-31/h1-5,11-14H,6-10H2,(H2,27,28,29,30). The first kappa shape index (κ1) is 21.0. The maximum Gasteiger partial charge on any atom is 0.254 e. The molecule has 1 aliphatic heterocycles. The maximum absolute atomic E-state index is 13.6. The summed E-state index contributed by atoms with van der Waals surface area (Å²) in [7, 11) is 0. The van der Waals surface area contributed by atoms with Gasteiger partial charge in [0.05, 0.1) is 18.6 Å². The number of hydrogen-bond donors (Lipinski definition) is 2. The van der Waals surface area contributed by atoms with Crippen LogP contribution in [0.2, 0.25) is 0 Å². The van der Waals surface area contributed by atoms with Gasteiger partial charge in [0.2, 0.25) is 0 Å². The number of nitrogens with one attached hydrogen (secondary N) is 2. The molecule has 168 valence electrons. The molecule has 0 spiro atoms. The number of fused-ring (bicyclic) bond motifs is 1. The number of rotatable bonds is 5. The first-order chi connectivity index (χ1) is 16.1. The molecular formula is C24H21F2N5O2. The lowest BCUT2D eigenvalue weighted by Crippen LogP contribution is -2.40. The van der Waals surface area contributed by atoms with Crippen molar-refractivity contribution in [1.82, 2.24) is 20.1 Å². The molecule has 0 aliphatic carbocycles. The number of hydrogen-bond acceptors (Lipinski definition) is 5. The van der Waals surface area contributed by atoms with Gasteiger partial charge in [0, 0.05) is 30.5 Å². The highest BCUT2D eigenvalue weighted by Gasteiger charge is 2.19. The molecule has 1 aliphatic rings. The zero-order valence-electron chi connectivity index (χ0n) is 17.6. The van der Waals surface area contributed by atoms with Gasteiger partial charge in [-0.2, -0.15) is 5.10 Å². The largest absolute Gasteiger partial charge is 0.378 e. The van der Waals surface area contributed by atoms with Gasteiger partial charge in [0.15, 0.2) is 17.3 Å². The van der Waals surface area contributed by atoms with Gasteiger partial charge in [-0.05, 0) is 53.9 Å². The smallest absolute Gasteiger partial charge is 0.254 e. The summed E-state index contributed by atoms with van der Waals surface area (Å²) in [6, 6.07) is 13.0. The summed E-state index contributed by atoms with van der Waals surface area (Å²) in [6.07, 6.45) is 2.06. The molecule has 33 heavy (non-hydrogen) atoms. The Hall–Kier alpha value is -3.85. The van der Waals surface area contributed by atoms with Gasteiger partial charge in [0.1, 0.15) is 5.82 Å². The summed E-state index contributed by atoms with van der Waals surface area (Å²) in [4.78, 5) is 18.9. The predicted octanol–water partition coefficient (Wildman–Crippen LogP) is 4.04. The van der Waals surface area contributed by atoms with Crippen LogP contribution in [0.1, 0.15) is 21.5 Å². The molecule has 1 amide bonds. The van der Waals surface area contributed by atoms with Gasteiger partial charge in [0.25, 0.3) is 5.91 Å². The lowest BCUT2D eigenvalue weighted by atomic mass is 10.1. The molecular weight excluding hydrogens is 428 g/mol. The van der Waals surface area contributed by atoms with E-state index in [1.54, 1.807) is 29.3 Å². The van der Waals surface area contributed by atoms with E-state index in [-0.39, 0.29) is 5.91 Å². The zero-order valence-corrected chi connectivity index (χ0v) is 17.6. The van der Waals surface area contributed by atoms with Crippen molar-refractivity contribution in [1.29, 1.82) is 0 Å². The van der Waals surface area contributed by atoms with E-state index >= 15 is 0 Å². The van der Waals surface area contributed by atoms with Crippen LogP contribution in [-0.4, -0.2) is 52.3 Å². The second kappa shape index (κ2) is 8.95. The van der Waals surface area contributed by atoms with Gasteiger partial charge in [-0.1, -0.05) is 12.1 Å². The second-order valence-corrected chi connectivity index (χ2v) is 7.85. The van der Waals surface area contributed by atoms with Crippen LogP contribution in [0.15, 0.2) is 54.7 Å². The third kappa shape index (κ3) is 4.54. The van der Waals surface area contributed by atoms with E-state index in [4.69, 9.17) is 4.74 Å². The number of carbonyl (C=O) groups excluding carboxylic acids is 1. The maximum atomic E-state index is 13.6. The van der Waals surface area contributed by atoms with Crippen LogP contribution in [-0.2, 0) is 11.2 Å². The van der Waals surface area contributed by atoms with Crippen molar-refractivity contribution in [2.75, 3.05) is 31.6 Å². The molecule has 9 heteroatoms. The SMILES string of the molecule is O=C(c1cccc(Nc2[nH]nc3ncc(Cc4ccc(F)c(F)c4)cc23)c1)N1CCOCC1. The average Bonchev–Trinajstić information content (AvgIpc) is 3.23. The Morgan fingerprint density at radius 2 is 1.91 bits per heavy atom. The molecule has 3 heterocycles. The Bertz CT molecular complexity index is 1320. The lowest BCUT2D eigenvalue weighted by Gasteiger charge is -2.27. The van der Waals surface area contributed by atoms with E-state index in [1.165, 1.54) is 6.07 Å². The van der Waals surface area contributed by atoms with Crippen LogP contribution in [0.4, 0.5) is 20.3 Å². The summed E-state index contributed by atoms with van der Waals surface area (Å²) < 4.78 is 32.1. The van der Waals surface area contributed by atoms with Crippen LogP contribution in [0, 0.1) is 11.6 Å². The first-order valence-corrected chi connectivity index (χ1v) is 10.6. The van der Waals surface area contributed by atoms with Crippen LogP contribution < -0.4 is 5.32 Å². The summed E-state index contributed by atoms with van der Waals surface area (Å²) in [5.74, 6) is -1.16. The highest BCUT2D eigenvalue weighted by Crippen LogP contribution is 2.25. The Morgan fingerprint density at radius 1 is 1.06 bits per heavy atom. The topological polar surface area (TPSA) is 83.1 Å².